The molecule has 0 fully saturated rings. The fraction of sp³-hybridized carbons (Fsp3) is 0.200. The van der Waals surface area contributed by atoms with Gasteiger partial charge in [-0.05, 0) is 12.1 Å². The Bertz CT molecular complexity index is 376. The summed E-state index contributed by atoms with van der Waals surface area (Å²) in [5, 5.41) is 17.3. The second-order valence-corrected chi connectivity index (χ2v) is 2.64. The van der Waals surface area contributed by atoms with Crippen molar-refractivity contribution in [3.8, 4) is 0 Å². The maximum absolute atomic E-state index is 10.6. The van der Waals surface area contributed by atoms with E-state index >= 15 is 0 Å². The lowest BCUT2D eigenvalue weighted by atomic mass is 10.1. The second kappa shape index (κ2) is 5.59. The van der Waals surface area contributed by atoms with Crippen LogP contribution in [0, 0.1) is 0 Å². The van der Waals surface area contributed by atoms with Gasteiger partial charge >= 0.3 is 11.9 Å². The largest absolute Gasteiger partial charge is 0.478 e. The van der Waals surface area contributed by atoms with E-state index in [2.05, 4.69) is 0 Å². The fourth-order valence-electron chi connectivity index (χ4n) is 1.00. The first kappa shape index (κ1) is 13.8. The summed E-state index contributed by atoms with van der Waals surface area (Å²) in [5.74, 6) is -2.49. The monoisotopic (exact) mass is 226 g/mol. The summed E-state index contributed by atoms with van der Waals surface area (Å²) < 4.78 is 0. The number of rotatable bonds is 2. The van der Waals surface area contributed by atoms with Crippen molar-refractivity contribution in [2.24, 2.45) is 0 Å². The Hall–Kier alpha value is -2.24. The van der Waals surface area contributed by atoms with E-state index in [4.69, 9.17) is 21.7 Å². The first-order valence-corrected chi connectivity index (χ1v) is 4.59. The predicted molar refractivity (Wildman–Crippen MR) is 60.5 cm³/mol. The molecule has 0 saturated heterocycles. The van der Waals surface area contributed by atoms with Gasteiger partial charge in [0.2, 0.25) is 0 Å². The molecule has 0 aromatic heterocycles. The van der Waals surface area contributed by atoms with Gasteiger partial charge < -0.3 is 21.7 Å². The van der Waals surface area contributed by atoms with Crippen molar-refractivity contribution in [3.05, 3.63) is 23.3 Å². The van der Waals surface area contributed by atoms with Gasteiger partial charge in [-0.25, -0.2) is 9.59 Å². The third-order valence-corrected chi connectivity index (χ3v) is 1.68. The molecule has 88 valence electrons. The van der Waals surface area contributed by atoms with E-state index in [0.717, 1.165) is 12.1 Å². The number of benzene rings is 1. The summed E-state index contributed by atoms with van der Waals surface area (Å²) in [7, 11) is 0. The third kappa shape index (κ3) is 2.88. The molecule has 1 aromatic rings. The maximum Gasteiger partial charge on any atom is 0.337 e. The predicted octanol–water partition coefficient (Wildman–Crippen LogP) is 1.27. The Morgan fingerprint density at radius 3 is 1.38 bits per heavy atom. The van der Waals surface area contributed by atoms with Gasteiger partial charge in [0.1, 0.15) is 0 Å². The highest BCUT2D eigenvalue weighted by Gasteiger charge is 2.14. The Labute approximate surface area is 92.5 Å². The fourth-order valence-corrected chi connectivity index (χ4v) is 1.00. The Morgan fingerprint density at radius 1 is 0.938 bits per heavy atom. The molecule has 0 aliphatic heterocycles. The number of carboxylic acid groups (broad SMARTS) is 2. The molecule has 6 N–H and O–H groups in total. The molecular weight excluding hydrogens is 212 g/mol. The summed E-state index contributed by atoms with van der Waals surface area (Å²) in [5.41, 5.74) is 10.0. The van der Waals surface area contributed by atoms with Crippen LogP contribution in [-0.2, 0) is 0 Å². The zero-order valence-corrected chi connectivity index (χ0v) is 9.02. The molecule has 16 heavy (non-hydrogen) atoms. The molecule has 0 heterocycles. The number of carbonyl (C=O) groups is 2. The van der Waals surface area contributed by atoms with Crippen LogP contribution in [0.25, 0.3) is 0 Å². The topological polar surface area (TPSA) is 127 Å². The van der Waals surface area contributed by atoms with E-state index in [9.17, 15) is 9.59 Å². The minimum absolute atomic E-state index is 0.121. The van der Waals surface area contributed by atoms with E-state index in [-0.39, 0.29) is 22.5 Å². The molecule has 1 rings (SSSR count). The van der Waals surface area contributed by atoms with E-state index < -0.39 is 11.9 Å². The first-order chi connectivity index (χ1) is 7.43. The molecule has 0 spiro atoms. The summed E-state index contributed by atoms with van der Waals surface area (Å²) >= 11 is 0. The van der Waals surface area contributed by atoms with Gasteiger partial charge in [-0.3, -0.25) is 0 Å². The van der Waals surface area contributed by atoms with E-state index in [1.165, 1.54) is 0 Å². The normalized spacial score (nSPS) is 8.88. The van der Waals surface area contributed by atoms with Gasteiger partial charge in [-0.15, -0.1) is 0 Å². The summed E-state index contributed by atoms with van der Waals surface area (Å²) in [6.07, 6.45) is 0. The third-order valence-electron chi connectivity index (χ3n) is 1.68. The highest BCUT2D eigenvalue weighted by atomic mass is 16.4. The molecule has 0 aliphatic carbocycles. The van der Waals surface area contributed by atoms with E-state index in [1.807, 2.05) is 13.8 Å². The molecule has 1 aromatic carbocycles. The zero-order chi connectivity index (χ0) is 12.9. The molecule has 6 heteroatoms. The minimum atomic E-state index is -1.24. The minimum Gasteiger partial charge on any atom is -0.478 e. The van der Waals surface area contributed by atoms with Crippen LogP contribution in [0.3, 0.4) is 0 Å². The number of anilines is 2. The number of hydrogen-bond donors (Lipinski definition) is 4. The highest BCUT2D eigenvalue weighted by molar-refractivity contribution is 6.01. The van der Waals surface area contributed by atoms with Gasteiger partial charge in [0.05, 0.1) is 11.1 Å². The van der Waals surface area contributed by atoms with Crippen molar-refractivity contribution in [1.29, 1.82) is 0 Å². The van der Waals surface area contributed by atoms with Crippen molar-refractivity contribution in [2.75, 3.05) is 11.5 Å². The van der Waals surface area contributed by atoms with Crippen molar-refractivity contribution >= 4 is 23.3 Å². The lowest BCUT2D eigenvalue weighted by Crippen LogP contribution is -2.09. The number of nitrogen functional groups attached to an aromatic ring is 2. The van der Waals surface area contributed by atoms with Gasteiger partial charge in [0, 0.05) is 11.4 Å². The molecule has 0 saturated carbocycles. The zero-order valence-electron chi connectivity index (χ0n) is 9.02. The molecule has 6 nitrogen and oxygen atoms in total. The number of hydrogen-bond acceptors (Lipinski definition) is 4. The highest BCUT2D eigenvalue weighted by Crippen LogP contribution is 2.20. The molecule has 0 aliphatic rings. The smallest absolute Gasteiger partial charge is 0.337 e. The molecular formula is C10H14N2O4. The quantitative estimate of drug-likeness (QED) is 0.562. The van der Waals surface area contributed by atoms with Gasteiger partial charge in [0.25, 0.3) is 0 Å². The average molecular weight is 226 g/mol. The SMILES string of the molecule is CC.Nc1cc(C(=O)O)c(N)cc1C(=O)O. The molecule has 0 atom stereocenters. The second-order valence-electron chi connectivity index (χ2n) is 2.64. The van der Waals surface area contributed by atoms with Crippen LogP contribution in [0.5, 0.6) is 0 Å². The van der Waals surface area contributed by atoms with Gasteiger partial charge in [-0.2, -0.15) is 0 Å². The van der Waals surface area contributed by atoms with Crippen molar-refractivity contribution < 1.29 is 19.8 Å². The molecule has 0 unspecified atom stereocenters. The van der Waals surface area contributed by atoms with Crippen LogP contribution in [0.1, 0.15) is 34.6 Å². The van der Waals surface area contributed by atoms with Crippen LogP contribution in [0.15, 0.2) is 12.1 Å². The van der Waals surface area contributed by atoms with Crippen molar-refractivity contribution in [2.45, 2.75) is 13.8 Å². The van der Waals surface area contributed by atoms with Crippen molar-refractivity contribution in [1.82, 2.24) is 0 Å². The first-order valence-electron chi connectivity index (χ1n) is 4.59. The van der Waals surface area contributed by atoms with Crippen LogP contribution in [0.4, 0.5) is 11.4 Å². The van der Waals surface area contributed by atoms with Crippen LogP contribution in [0.2, 0.25) is 0 Å². The number of nitrogens with two attached hydrogens (primary N) is 2. The average Bonchev–Trinajstić information content (AvgIpc) is 2.23. The van der Waals surface area contributed by atoms with E-state index in [0.29, 0.717) is 0 Å². The molecule has 0 amide bonds. The summed E-state index contributed by atoms with van der Waals surface area (Å²) in [4.78, 5) is 21.1. The standard InChI is InChI=1S/C8H8N2O4.C2H6/c9-5-1-3(7(11)12)6(10)2-4(5)8(13)14;1-2/h1-2H,9-10H2,(H,11,12)(H,13,14);1-2H3. The Morgan fingerprint density at radius 2 is 1.19 bits per heavy atom. The lowest BCUT2D eigenvalue weighted by molar-refractivity contribution is 0.0683. The van der Waals surface area contributed by atoms with Gasteiger partial charge in [0.15, 0.2) is 0 Å². The maximum atomic E-state index is 10.6. The van der Waals surface area contributed by atoms with Gasteiger partial charge in [-0.1, -0.05) is 13.8 Å². The number of aromatic carboxylic acids is 2. The lowest BCUT2D eigenvalue weighted by Gasteiger charge is -2.05. The van der Waals surface area contributed by atoms with Crippen LogP contribution >= 0.6 is 0 Å². The van der Waals surface area contributed by atoms with Crippen LogP contribution < -0.4 is 11.5 Å². The van der Waals surface area contributed by atoms with Crippen LogP contribution in [-0.4, -0.2) is 22.2 Å². The Balaban J connectivity index is 0.00000106. The van der Waals surface area contributed by atoms with E-state index in [1.54, 1.807) is 0 Å². The number of carboxylic acids is 2. The molecule has 0 bridgehead atoms. The Kier molecular flexibility index (Phi) is 4.81. The summed E-state index contributed by atoms with van der Waals surface area (Å²) in [6.45, 7) is 4.00. The summed E-state index contributed by atoms with van der Waals surface area (Å²) in [6, 6.07) is 2.06. The molecule has 0 radical (unpaired) electrons. The van der Waals surface area contributed by atoms with Crippen molar-refractivity contribution in [3.63, 3.8) is 0 Å².